The Balaban J connectivity index is 1.52. The number of aryl methyl sites for hydroxylation is 1. The van der Waals surface area contributed by atoms with Gasteiger partial charge in [0, 0.05) is 12.2 Å². The SMILES string of the molecule is COc1ccc(C)cc1-n1nnnc1SCC(=O)N1CCc2ccccc21. The number of fused-ring (bicyclic) bond motifs is 1. The van der Waals surface area contributed by atoms with Crippen molar-refractivity contribution in [3.63, 3.8) is 0 Å². The van der Waals surface area contributed by atoms with Gasteiger partial charge in [0.15, 0.2) is 0 Å². The van der Waals surface area contributed by atoms with Crippen LogP contribution in [0.4, 0.5) is 5.69 Å². The zero-order chi connectivity index (χ0) is 18.8. The number of carbonyl (C=O) groups excluding carboxylic acids is 1. The summed E-state index contributed by atoms with van der Waals surface area (Å²) in [6, 6.07) is 13.8. The van der Waals surface area contributed by atoms with Crippen molar-refractivity contribution in [3.8, 4) is 11.4 Å². The second-order valence-electron chi connectivity index (χ2n) is 6.26. The molecule has 1 aromatic heterocycles. The molecule has 4 rings (SSSR count). The number of hydrogen-bond acceptors (Lipinski definition) is 6. The van der Waals surface area contributed by atoms with E-state index >= 15 is 0 Å². The summed E-state index contributed by atoms with van der Waals surface area (Å²) in [7, 11) is 1.61. The van der Waals surface area contributed by atoms with Crippen LogP contribution in [0.5, 0.6) is 5.75 Å². The van der Waals surface area contributed by atoms with E-state index in [-0.39, 0.29) is 11.7 Å². The molecule has 0 fully saturated rings. The molecule has 0 atom stereocenters. The van der Waals surface area contributed by atoms with Crippen LogP contribution in [0.2, 0.25) is 0 Å². The minimum absolute atomic E-state index is 0.0516. The molecular formula is C19H19N5O2S. The van der Waals surface area contributed by atoms with Crippen LogP contribution in [0.25, 0.3) is 5.69 Å². The largest absolute Gasteiger partial charge is 0.494 e. The van der Waals surface area contributed by atoms with E-state index in [0.29, 0.717) is 10.9 Å². The Morgan fingerprint density at radius 1 is 1.22 bits per heavy atom. The van der Waals surface area contributed by atoms with Crippen molar-refractivity contribution in [3.05, 3.63) is 53.6 Å². The highest BCUT2D eigenvalue weighted by atomic mass is 32.2. The summed E-state index contributed by atoms with van der Waals surface area (Å²) < 4.78 is 7.04. The van der Waals surface area contributed by atoms with E-state index < -0.39 is 0 Å². The molecule has 2 aromatic carbocycles. The van der Waals surface area contributed by atoms with Gasteiger partial charge >= 0.3 is 0 Å². The predicted octanol–water partition coefficient (Wildman–Crippen LogP) is 2.66. The third-order valence-corrected chi connectivity index (χ3v) is 5.42. The third-order valence-electron chi connectivity index (χ3n) is 4.52. The number of anilines is 1. The van der Waals surface area contributed by atoms with Crippen LogP contribution in [0.1, 0.15) is 11.1 Å². The zero-order valence-electron chi connectivity index (χ0n) is 15.1. The topological polar surface area (TPSA) is 73.1 Å². The average Bonchev–Trinajstić information content (AvgIpc) is 3.33. The summed E-state index contributed by atoms with van der Waals surface area (Å²) in [6.07, 6.45) is 0.894. The summed E-state index contributed by atoms with van der Waals surface area (Å²) >= 11 is 1.32. The molecule has 0 spiro atoms. The van der Waals surface area contributed by atoms with Gasteiger partial charge in [-0.25, -0.2) is 0 Å². The second-order valence-corrected chi connectivity index (χ2v) is 7.20. The lowest BCUT2D eigenvalue weighted by Gasteiger charge is -2.17. The number of benzene rings is 2. The minimum Gasteiger partial charge on any atom is -0.494 e. The van der Waals surface area contributed by atoms with Gasteiger partial charge in [-0.05, 0) is 53.1 Å². The molecule has 0 N–H and O–H groups in total. The molecule has 0 bridgehead atoms. The van der Waals surface area contributed by atoms with Gasteiger partial charge in [0.1, 0.15) is 11.4 Å². The van der Waals surface area contributed by atoms with Crippen molar-refractivity contribution in [2.75, 3.05) is 24.3 Å². The van der Waals surface area contributed by atoms with Crippen LogP contribution in [0.3, 0.4) is 0 Å². The number of methoxy groups -OCH3 is 1. The van der Waals surface area contributed by atoms with E-state index in [9.17, 15) is 4.79 Å². The molecule has 1 amide bonds. The van der Waals surface area contributed by atoms with E-state index in [1.54, 1.807) is 11.8 Å². The summed E-state index contributed by atoms with van der Waals surface area (Å²) in [4.78, 5) is 14.6. The second kappa shape index (κ2) is 7.40. The number of amides is 1. The number of carbonyl (C=O) groups is 1. The van der Waals surface area contributed by atoms with Gasteiger partial charge in [-0.2, -0.15) is 4.68 Å². The van der Waals surface area contributed by atoms with Gasteiger partial charge in [0.05, 0.1) is 12.9 Å². The first-order chi connectivity index (χ1) is 13.2. The van der Waals surface area contributed by atoms with E-state index in [0.717, 1.165) is 29.9 Å². The fraction of sp³-hybridized carbons (Fsp3) is 0.263. The van der Waals surface area contributed by atoms with Gasteiger partial charge in [-0.1, -0.05) is 36.0 Å². The zero-order valence-corrected chi connectivity index (χ0v) is 15.9. The molecule has 7 nitrogen and oxygen atoms in total. The lowest BCUT2D eigenvalue weighted by molar-refractivity contribution is -0.116. The maximum absolute atomic E-state index is 12.7. The maximum Gasteiger partial charge on any atom is 0.237 e. The molecule has 0 saturated heterocycles. The van der Waals surface area contributed by atoms with Crippen molar-refractivity contribution in [1.82, 2.24) is 20.2 Å². The normalized spacial score (nSPS) is 12.9. The molecular weight excluding hydrogens is 362 g/mol. The van der Waals surface area contributed by atoms with Crippen molar-refractivity contribution >= 4 is 23.4 Å². The van der Waals surface area contributed by atoms with Gasteiger partial charge in [0.2, 0.25) is 11.1 Å². The summed E-state index contributed by atoms with van der Waals surface area (Å²) in [5.74, 6) is 0.994. The molecule has 27 heavy (non-hydrogen) atoms. The number of thioether (sulfide) groups is 1. The van der Waals surface area contributed by atoms with E-state index in [4.69, 9.17) is 4.74 Å². The third kappa shape index (κ3) is 3.40. The Morgan fingerprint density at radius 3 is 2.93 bits per heavy atom. The smallest absolute Gasteiger partial charge is 0.237 e. The Labute approximate surface area is 161 Å². The van der Waals surface area contributed by atoms with Crippen molar-refractivity contribution in [2.45, 2.75) is 18.5 Å². The molecule has 8 heteroatoms. The van der Waals surface area contributed by atoms with Gasteiger partial charge in [-0.15, -0.1) is 5.10 Å². The van der Waals surface area contributed by atoms with Gasteiger partial charge in [-0.3, -0.25) is 4.79 Å². The Bertz CT molecular complexity index is 988. The fourth-order valence-corrected chi connectivity index (χ4v) is 3.95. The minimum atomic E-state index is 0.0516. The molecule has 0 saturated carbocycles. The van der Waals surface area contributed by atoms with Crippen molar-refractivity contribution in [1.29, 1.82) is 0 Å². The van der Waals surface area contributed by atoms with Gasteiger partial charge < -0.3 is 9.64 Å². The van der Waals surface area contributed by atoms with Crippen molar-refractivity contribution in [2.24, 2.45) is 0 Å². The highest BCUT2D eigenvalue weighted by Gasteiger charge is 2.25. The van der Waals surface area contributed by atoms with Crippen LogP contribution in [-0.4, -0.2) is 45.5 Å². The van der Waals surface area contributed by atoms with E-state index in [2.05, 4.69) is 21.6 Å². The average molecular weight is 381 g/mol. The number of nitrogens with zero attached hydrogens (tertiary/aromatic N) is 5. The number of aromatic nitrogens is 4. The Morgan fingerprint density at radius 2 is 2.07 bits per heavy atom. The summed E-state index contributed by atoms with van der Waals surface area (Å²) in [5, 5.41) is 12.5. The summed E-state index contributed by atoms with van der Waals surface area (Å²) in [6.45, 7) is 2.71. The molecule has 1 aliphatic rings. The quantitative estimate of drug-likeness (QED) is 0.633. The molecule has 0 radical (unpaired) electrons. The van der Waals surface area contributed by atoms with E-state index in [1.807, 2.05) is 48.2 Å². The molecule has 138 valence electrons. The highest BCUT2D eigenvalue weighted by Crippen LogP contribution is 2.30. The molecule has 0 aliphatic carbocycles. The first-order valence-electron chi connectivity index (χ1n) is 8.62. The molecule has 2 heterocycles. The first kappa shape index (κ1) is 17.5. The van der Waals surface area contributed by atoms with Crippen LogP contribution in [0, 0.1) is 6.92 Å². The van der Waals surface area contributed by atoms with Crippen LogP contribution >= 0.6 is 11.8 Å². The molecule has 1 aliphatic heterocycles. The van der Waals surface area contributed by atoms with Crippen molar-refractivity contribution < 1.29 is 9.53 Å². The number of ether oxygens (including phenoxy) is 1. The van der Waals surface area contributed by atoms with E-state index in [1.165, 1.54) is 17.3 Å². The Kier molecular flexibility index (Phi) is 4.81. The molecule has 3 aromatic rings. The van der Waals surface area contributed by atoms with Crippen LogP contribution in [0.15, 0.2) is 47.6 Å². The summed E-state index contributed by atoms with van der Waals surface area (Å²) in [5.41, 5.74) is 4.04. The van der Waals surface area contributed by atoms with Gasteiger partial charge in [0.25, 0.3) is 0 Å². The monoisotopic (exact) mass is 381 g/mol. The lowest BCUT2D eigenvalue weighted by atomic mass is 10.2. The Hall–Kier alpha value is -2.87. The predicted molar refractivity (Wildman–Crippen MR) is 104 cm³/mol. The highest BCUT2D eigenvalue weighted by molar-refractivity contribution is 7.99. The number of tetrazole rings is 1. The number of hydrogen-bond donors (Lipinski definition) is 0. The fourth-order valence-electron chi connectivity index (χ4n) is 3.19. The first-order valence-corrected chi connectivity index (χ1v) is 9.60. The van der Waals surface area contributed by atoms with Crippen LogP contribution in [-0.2, 0) is 11.2 Å². The number of para-hydroxylation sites is 1. The maximum atomic E-state index is 12.7. The standard InChI is InChI=1S/C19H19N5O2S/c1-13-7-8-17(26-2)16(11-13)24-19(20-21-22-24)27-12-18(25)23-10-9-14-5-3-4-6-15(14)23/h3-8,11H,9-10,12H2,1-2H3. The number of rotatable bonds is 5. The molecule has 0 unspecified atom stereocenters. The van der Waals surface area contributed by atoms with Crippen LogP contribution < -0.4 is 9.64 Å². The lowest BCUT2D eigenvalue weighted by Crippen LogP contribution is -2.30.